The lowest BCUT2D eigenvalue weighted by atomic mass is 10.4. The lowest BCUT2D eigenvalue weighted by Crippen LogP contribution is -1.82. The number of allylic oxidation sites excluding steroid dienone is 2. The summed E-state index contributed by atoms with van der Waals surface area (Å²) in [6, 6.07) is 5.69. The van der Waals surface area contributed by atoms with Gasteiger partial charge in [0, 0.05) is 12.4 Å². The zero-order valence-corrected chi connectivity index (χ0v) is 8.72. The maximum atomic E-state index is 4.07. The average molecular weight is 188 g/mol. The maximum absolute atomic E-state index is 4.07. The summed E-state index contributed by atoms with van der Waals surface area (Å²) in [4.78, 5) is 8.06. The van der Waals surface area contributed by atoms with E-state index in [1.807, 2.05) is 32.0 Å². The van der Waals surface area contributed by atoms with Crippen LogP contribution in [0.5, 0.6) is 0 Å². The Morgan fingerprint density at radius 3 is 2.71 bits per heavy atom. The summed E-state index contributed by atoms with van der Waals surface area (Å²) in [5.74, 6) is 0. The summed E-state index contributed by atoms with van der Waals surface area (Å²) in [5.41, 5.74) is 0.853. The van der Waals surface area contributed by atoms with Gasteiger partial charge in [-0.25, -0.2) is 0 Å². The third kappa shape index (κ3) is 5.89. The highest BCUT2D eigenvalue weighted by Gasteiger charge is 1.81. The van der Waals surface area contributed by atoms with E-state index in [4.69, 9.17) is 0 Å². The highest BCUT2D eigenvalue weighted by Crippen LogP contribution is 1.88. The first kappa shape index (κ1) is 12.3. The molecule has 0 unspecified atom stereocenters. The Bertz CT molecular complexity index is 286. The molecule has 0 saturated carbocycles. The van der Waals surface area contributed by atoms with E-state index in [0.717, 1.165) is 5.69 Å². The Kier molecular flexibility index (Phi) is 8.25. The molecular weight excluding hydrogens is 172 g/mol. The van der Waals surface area contributed by atoms with E-state index in [-0.39, 0.29) is 0 Å². The van der Waals surface area contributed by atoms with Gasteiger partial charge in [-0.3, -0.25) is 9.98 Å². The number of aromatic nitrogens is 1. The van der Waals surface area contributed by atoms with Crippen LogP contribution in [0, 0.1) is 0 Å². The number of hydrogen-bond acceptors (Lipinski definition) is 2. The molecule has 1 aromatic heterocycles. The largest absolute Gasteiger partial charge is 0.262 e. The molecule has 14 heavy (non-hydrogen) atoms. The van der Waals surface area contributed by atoms with Crippen LogP contribution in [0.25, 0.3) is 0 Å². The van der Waals surface area contributed by atoms with Crippen molar-refractivity contribution in [1.82, 2.24) is 4.98 Å². The minimum Gasteiger partial charge on any atom is -0.262 e. The molecule has 0 aliphatic carbocycles. The Hall–Kier alpha value is -1.70. The molecule has 0 spiro atoms. The Balaban J connectivity index is 0.000000791. The quantitative estimate of drug-likeness (QED) is 0.528. The monoisotopic (exact) mass is 188 g/mol. The van der Waals surface area contributed by atoms with Crippen molar-refractivity contribution >= 4 is 6.21 Å². The zero-order chi connectivity index (χ0) is 10.6. The standard InChI is InChI=1S/C10H10N2.C2H6/c1-2-3-7-11-9-10-6-4-5-8-12-10;1-2/h2-9H,1H2;1-2H3/b7-3-,11-9?;. The molecule has 0 aromatic carbocycles. The highest BCUT2D eigenvalue weighted by atomic mass is 14.7. The van der Waals surface area contributed by atoms with Gasteiger partial charge in [0.25, 0.3) is 0 Å². The molecule has 0 bridgehead atoms. The Morgan fingerprint density at radius 2 is 2.14 bits per heavy atom. The van der Waals surface area contributed by atoms with Crippen LogP contribution in [0.2, 0.25) is 0 Å². The first-order valence-electron chi connectivity index (χ1n) is 4.65. The summed E-state index contributed by atoms with van der Waals surface area (Å²) >= 11 is 0. The molecule has 74 valence electrons. The van der Waals surface area contributed by atoms with Gasteiger partial charge in [-0.15, -0.1) is 0 Å². The first-order valence-corrected chi connectivity index (χ1v) is 4.65. The summed E-state index contributed by atoms with van der Waals surface area (Å²) in [5, 5.41) is 0. The number of hydrogen-bond donors (Lipinski definition) is 0. The van der Waals surface area contributed by atoms with Crippen molar-refractivity contribution in [2.75, 3.05) is 0 Å². The van der Waals surface area contributed by atoms with Gasteiger partial charge in [0.05, 0.1) is 11.9 Å². The molecular formula is C12H16N2. The average Bonchev–Trinajstić information content (AvgIpc) is 2.29. The van der Waals surface area contributed by atoms with E-state index in [0.29, 0.717) is 0 Å². The van der Waals surface area contributed by atoms with Gasteiger partial charge in [-0.2, -0.15) is 0 Å². The third-order valence-electron chi connectivity index (χ3n) is 1.20. The van der Waals surface area contributed by atoms with Crippen molar-refractivity contribution in [1.29, 1.82) is 0 Å². The zero-order valence-electron chi connectivity index (χ0n) is 8.72. The minimum absolute atomic E-state index is 0.853. The van der Waals surface area contributed by atoms with Gasteiger partial charge in [0.1, 0.15) is 0 Å². The van der Waals surface area contributed by atoms with Crippen LogP contribution in [0.3, 0.4) is 0 Å². The summed E-state index contributed by atoms with van der Waals surface area (Å²) in [7, 11) is 0. The lowest BCUT2D eigenvalue weighted by Gasteiger charge is -1.86. The molecule has 0 aliphatic heterocycles. The van der Waals surface area contributed by atoms with Crippen LogP contribution < -0.4 is 0 Å². The van der Waals surface area contributed by atoms with Crippen LogP contribution >= 0.6 is 0 Å². The van der Waals surface area contributed by atoms with Gasteiger partial charge < -0.3 is 0 Å². The predicted molar refractivity (Wildman–Crippen MR) is 62.5 cm³/mol. The van der Waals surface area contributed by atoms with Crippen molar-refractivity contribution in [3.63, 3.8) is 0 Å². The fourth-order valence-electron chi connectivity index (χ4n) is 0.682. The molecule has 1 aromatic rings. The number of pyridine rings is 1. The molecule has 0 radical (unpaired) electrons. The van der Waals surface area contributed by atoms with Gasteiger partial charge in [-0.1, -0.05) is 32.6 Å². The number of aliphatic imine (C=N–C) groups is 1. The molecule has 0 N–H and O–H groups in total. The van der Waals surface area contributed by atoms with Crippen LogP contribution in [0.4, 0.5) is 0 Å². The van der Waals surface area contributed by atoms with E-state index in [9.17, 15) is 0 Å². The summed E-state index contributed by atoms with van der Waals surface area (Å²) in [6.07, 6.45) is 8.54. The van der Waals surface area contributed by atoms with E-state index < -0.39 is 0 Å². The summed E-state index contributed by atoms with van der Waals surface area (Å²) in [6.45, 7) is 7.53. The van der Waals surface area contributed by atoms with Gasteiger partial charge >= 0.3 is 0 Å². The molecule has 2 nitrogen and oxygen atoms in total. The fourth-order valence-corrected chi connectivity index (χ4v) is 0.682. The topological polar surface area (TPSA) is 25.2 Å². The van der Waals surface area contributed by atoms with E-state index >= 15 is 0 Å². The molecule has 0 fully saturated rings. The second-order valence-corrected chi connectivity index (χ2v) is 2.11. The normalized spacial score (nSPS) is 9.86. The maximum Gasteiger partial charge on any atom is 0.0812 e. The highest BCUT2D eigenvalue weighted by molar-refractivity contribution is 5.77. The summed E-state index contributed by atoms with van der Waals surface area (Å²) < 4.78 is 0. The molecule has 0 atom stereocenters. The first-order chi connectivity index (χ1) is 6.93. The van der Waals surface area contributed by atoms with Gasteiger partial charge in [0.2, 0.25) is 0 Å². The molecule has 0 saturated heterocycles. The van der Waals surface area contributed by atoms with Crippen molar-refractivity contribution in [3.05, 3.63) is 55.0 Å². The lowest BCUT2D eigenvalue weighted by molar-refractivity contribution is 1.30. The second kappa shape index (κ2) is 9.39. The van der Waals surface area contributed by atoms with E-state index in [1.165, 1.54) is 0 Å². The predicted octanol–water partition coefficient (Wildman–Crippen LogP) is 3.23. The van der Waals surface area contributed by atoms with Crippen LogP contribution in [-0.4, -0.2) is 11.2 Å². The van der Waals surface area contributed by atoms with Crippen LogP contribution in [0.15, 0.2) is 54.3 Å². The molecule has 1 rings (SSSR count). The Morgan fingerprint density at radius 1 is 1.36 bits per heavy atom. The molecule has 0 aliphatic rings. The third-order valence-corrected chi connectivity index (χ3v) is 1.20. The Labute approximate surface area is 85.7 Å². The van der Waals surface area contributed by atoms with Crippen molar-refractivity contribution < 1.29 is 0 Å². The minimum atomic E-state index is 0.853. The van der Waals surface area contributed by atoms with Crippen molar-refractivity contribution in [2.24, 2.45) is 4.99 Å². The van der Waals surface area contributed by atoms with Crippen LogP contribution in [0.1, 0.15) is 19.5 Å². The second-order valence-electron chi connectivity index (χ2n) is 2.11. The van der Waals surface area contributed by atoms with E-state index in [1.54, 1.807) is 30.8 Å². The molecule has 2 heteroatoms. The van der Waals surface area contributed by atoms with Gasteiger partial charge in [-0.05, 0) is 18.2 Å². The van der Waals surface area contributed by atoms with E-state index in [2.05, 4.69) is 16.6 Å². The van der Waals surface area contributed by atoms with Crippen molar-refractivity contribution in [2.45, 2.75) is 13.8 Å². The SMILES string of the molecule is C=C/C=C\N=Cc1ccccn1.CC. The van der Waals surface area contributed by atoms with Gasteiger partial charge in [0.15, 0.2) is 0 Å². The fraction of sp³-hybridized carbons (Fsp3) is 0.167. The molecule has 0 amide bonds. The smallest absolute Gasteiger partial charge is 0.0812 e. The van der Waals surface area contributed by atoms with Crippen LogP contribution in [-0.2, 0) is 0 Å². The number of nitrogens with zero attached hydrogens (tertiary/aromatic N) is 2. The number of rotatable bonds is 3. The molecule has 1 heterocycles. The van der Waals surface area contributed by atoms with Crippen molar-refractivity contribution in [3.8, 4) is 0 Å².